The fourth-order valence-corrected chi connectivity index (χ4v) is 4.06. The Morgan fingerprint density at radius 2 is 1.88 bits per heavy atom. The van der Waals surface area contributed by atoms with Crippen molar-refractivity contribution in [1.29, 1.82) is 0 Å². The van der Waals surface area contributed by atoms with Gasteiger partial charge in [-0.2, -0.15) is 0 Å². The number of amides is 1. The van der Waals surface area contributed by atoms with Gasteiger partial charge in [-0.1, -0.05) is 71.4 Å². The van der Waals surface area contributed by atoms with Crippen molar-refractivity contribution < 1.29 is 14.3 Å². The molecule has 0 aliphatic rings. The van der Waals surface area contributed by atoms with E-state index in [4.69, 9.17) is 27.9 Å². The molecule has 0 spiro atoms. The highest BCUT2D eigenvalue weighted by Crippen LogP contribution is 2.31. The molecular weight excluding hydrogens is 471 g/mol. The summed E-state index contributed by atoms with van der Waals surface area (Å²) in [6.45, 7) is 4.25. The van der Waals surface area contributed by atoms with E-state index in [1.165, 1.54) is 11.8 Å². The van der Waals surface area contributed by atoms with E-state index in [9.17, 15) is 9.59 Å². The fourth-order valence-electron chi connectivity index (χ4n) is 2.85. The maximum atomic E-state index is 12.8. The van der Waals surface area contributed by atoms with Crippen LogP contribution >= 0.6 is 35.0 Å². The van der Waals surface area contributed by atoms with Gasteiger partial charge in [0.15, 0.2) is 5.16 Å². The summed E-state index contributed by atoms with van der Waals surface area (Å²) in [5, 5.41) is 11.8. The number of carbonyl (C=O) groups excluding carboxylic acids is 2. The molecule has 0 saturated carbocycles. The highest BCUT2D eigenvalue weighted by atomic mass is 35.5. The number of ether oxygens (including phenoxy) is 1. The normalized spacial score (nSPS) is 11.8. The predicted molar refractivity (Wildman–Crippen MR) is 126 cm³/mol. The molecule has 1 heterocycles. The molecule has 1 aromatic heterocycles. The second kappa shape index (κ2) is 11.4. The summed E-state index contributed by atoms with van der Waals surface area (Å²) in [4.78, 5) is 24.8. The number of aromatic nitrogens is 3. The lowest BCUT2D eigenvalue weighted by Crippen LogP contribution is -2.23. The van der Waals surface area contributed by atoms with Crippen molar-refractivity contribution >= 4 is 52.5 Å². The lowest BCUT2D eigenvalue weighted by molar-refractivity contribution is -0.142. The number of halogens is 2. The van der Waals surface area contributed by atoms with Gasteiger partial charge in [-0.15, -0.1) is 10.2 Å². The molecule has 10 heteroatoms. The van der Waals surface area contributed by atoms with Crippen LogP contribution in [-0.2, 0) is 27.3 Å². The number of nitrogens with one attached hydrogen (secondary N) is 1. The van der Waals surface area contributed by atoms with Crippen molar-refractivity contribution in [2.45, 2.75) is 37.2 Å². The van der Waals surface area contributed by atoms with Crippen LogP contribution in [0, 0.1) is 0 Å². The van der Waals surface area contributed by atoms with Crippen LogP contribution in [0.4, 0.5) is 5.69 Å². The van der Waals surface area contributed by atoms with Crippen LogP contribution in [0.25, 0.3) is 0 Å². The van der Waals surface area contributed by atoms with Crippen molar-refractivity contribution in [2.24, 2.45) is 0 Å². The third kappa shape index (κ3) is 6.25. The Kier molecular flexibility index (Phi) is 8.55. The van der Waals surface area contributed by atoms with Gasteiger partial charge in [0.05, 0.1) is 34.1 Å². The predicted octanol–water partition coefficient (Wildman–Crippen LogP) is 4.86. The third-order valence-electron chi connectivity index (χ3n) is 4.45. The van der Waals surface area contributed by atoms with Gasteiger partial charge in [-0.3, -0.25) is 9.59 Å². The Labute approximate surface area is 200 Å². The Bertz CT molecular complexity index is 1090. The Morgan fingerprint density at radius 1 is 1.12 bits per heavy atom. The molecular formula is C22H22Cl2N4O3S. The highest BCUT2D eigenvalue weighted by Gasteiger charge is 2.22. The first-order valence-corrected chi connectivity index (χ1v) is 11.6. The van der Waals surface area contributed by atoms with E-state index < -0.39 is 5.25 Å². The Hall–Kier alpha value is -2.55. The summed E-state index contributed by atoms with van der Waals surface area (Å²) in [6, 6.07) is 14.8. The molecule has 0 radical (unpaired) electrons. The molecule has 1 atom stereocenters. The monoisotopic (exact) mass is 492 g/mol. The van der Waals surface area contributed by atoms with E-state index in [2.05, 4.69) is 15.5 Å². The number of thioether (sulfide) groups is 1. The Balaban J connectivity index is 1.79. The molecule has 3 aromatic rings. The first kappa shape index (κ1) is 24.1. The zero-order chi connectivity index (χ0) is 23.1. The van der Waals surface area contributed by atoms with Crippen molar-refractivity contribution in [2.75, 3.05) is 11.9 Å². The summed E-state index contributed by atoms with van der Waals surface area (Å²) >= 11 is 13.4. The fraction of sp³-hybridized carbons (Fsp3) is 0.273. The molecule has 3 rings (SSSR count). The minimum Gasteiger partial charge on any atom is -0.466 e. The molecule has 1 N–H and O–H groups in total. The van der Waals surface area contributed by atoms with Crippen LogP contribution in [0.5, 0.6) is 0 Å². The van der Waals surface area contributed by atoms with Crippen LogP contribution in [0.15, 0.2) is 53.7 Å². The third-order valence-corrected chi connectivity index (χ3v) is 6.35. The van der Waals surface area contributed by atoms with Crippen molar-refractivity contribution in [3.8, 4) is 0 Å². The van der Waals surface area contributed by atoms with Crippen LogP contribution < -0.4 is 5.32 Å². The second-order valence-electron chi connectivity index (χ2n) is 6.80. The van der Waals surface area contributed by atoms with Crippen LogP contribution in [0.3, 0.4) is 0 Å². The number of rotatable bonds is 9. The second-order valence-corrected chi connectivity index (χ2v) is 8.90. The molecule has 0 aliphatic carbocycles. The van der Waals surface area contributed by atoms with Crippen LogP contribution in [0.1, 0.15) is 25.2 Å². The van der Waals surface area contributed by atoms with Gasteiger partial charge in [0.1, 0.15) is 12.2 Å². The van der Waals surface area contributed by atoms with Crippen LogP contribution in [-0.4, -0.2) is 38.5 Å². The molecule has 0 bridgehead atoms. The SMILES string of the molecule is CCOC(=O)Cc1nnc(S[C@@H](C)C(=O)Nc2cccc(Cl)c2Cl)n1Cc1ccccc1. The van der Waals surface area contributed by atoms with Gasteiger partial charge in [-0.25, -0.2) is 0 Å². The van der Waals surface area contributed by atoms with Gasteiger partial charge < -0.3 is 14.6 Å². The maximum absolute atomic E-state index is 12.8. The average molecular weight is 493 g/mol. The average Bonchev–Trinajstić information content (AvgIpc) is 3.13. The number of nitrogens with zero attached hydrogens (tertiary/aromatic N) is 3. The van der Waals surface area contributed by atoms with Crippen molar-refractivity contribution in [3.63, 3.8) is 0 Å². The molecule has 0 saturated heterocycles. The summed E-state index contributed by atoms with van der Waals surface area (Å²) < 4.78 is 6.88. The number of benzene rings is 2. The number of carbonyl (C=O) groups is 2. The molecule has 0 fully saturated rings. The minimum atomic E-state index is -0.515. The smallest absolute Gasteiger partial charge is 0.313 e. The number of esters is 1. The molecule has 168 valence electrons. The van der Waals surface area contributed by atoms with Gasteiger partial charge in [-0.05, 0) is 31.5 Å². The zero-order valence-electron chi connectivity index (χ0n) is 17.5. The standard InChI is InChI=1S/C22H22Cl2N4O3S/c1-3-31-19(29)12-18-26-27-22(28(18)13-15-8-5-4-6-9-15)32-14(2)21(30)25-17-11-7-10-16(23)20(17)24/h4-11,14H,3,12-13H2,1-2H3,(H,25,30)/t14-/m0/s1. The molecule has 0 unspecified atom stereocenters. The number of hydrogen-bond donors (Lipinski definition) is 1. The minimum absolute atomic E-state index is 0.00701. The van der Waals surface area contributed by atoms with Crippen molar-refractivity contribution in [1.82, 2.24) is 14.8 Å². The van der Waals surface area contributed by atoms with E-state index in [1.54, 1.807) is 32.0 Å². The molecule has 1 amide bonds. The molecule has 2 aromatic carbocycles. The van der Waals surface area contributed by atoms with E-state index in [0.717, 1.165) is 5.56 Å². The van der Waals surface area contributed by atoms with E-state index in [1.807, 2.05) is 34.9 Å². The topological polar surface area (TPSA) is 86.1 Å². The maximum Gasteiger partial charge on any atom is 0.313 e. The summed E-state index contributed by atoms with van der Waals surface area (Å²) in [5.74, 6) is -0.173. The van der Waals surface area contributed by atoms with Crippen LogP contribution in [0.2, 0.25) is 10.0 Å². The van der Waals surface area contributed by atoms with Gasteiger partial charge in [0, 0.05) is 0 Å². The number of anilines is 1. The first-order chi connectivity index (χ1) is 15.4. The molecule has 32 heavy (non-hydrogen) atoms. The highest BCUT2D eigenvalue weighted by molar-refractivity contribution is 8.00. The largest absolute Gasteiger partial charge is 0.466 e. The van der Waals surface area contributed by atoms with Gasteiger partial charge >= 0.3 is 5.97 Å². The van der Waals surface area contributed by atoms with E-state index in [0.29, 0.717) is 28.2 Å². The van der Waals surface area contributed by atoms with E-state index in [-0.39, 0.29) is 29.9 Å². The summed E-state index contributed by atoms with van der Waals surface area (Å²) in [6.07, 6.45) is -0.00701. The lowest BCUT2D eigenvalue weighted by Gasteiger charge is -2.15. The van der Waals surface area contributed by atoms with Gasteiger partial charge in [0.25, 0.3) is 0 Å². The first-order valence-electron chi connectivity index (χ1n) is 9.92. The number of hydrogen-bond acceptors (Lipinski definition) is 6. The zero-order valence-corrected chi connectivity index (χ0v) is 19.9. The summed E-state index contributed by atoms with van der Waals surface area (Å²) in [5.41, 5.74) is 1.45. The Morgan fingerprint density at radius 3 is 2.59 bits per heavy atom. The molecule has 7 nitrogen and oxygen atoms in total. The van der Waals surface area contributed by atoms with Crippen molar-refractivity contribution in [3.05, 3.63) is 70.0 Å². The quantitative estimate of drug-likeness (QED) is 0.339. The molecule has 0 aliphatic heterocycles. The lowest BCUT2D eigenvalue weighted by atomic mass is 10.2. The van der Waals surface area contributed by atoms with E-state index >= 15 is 0 Å². The summed E-state index contributed by atoms with van der Waals surface area (Å²) in [7, 11) is 0. The van der Waals surface area contributed by atoms with Gasteiger partial charge in [0.2, 0.25) is 5.91 Å².